The Morgan fingerprint density at radius 1 is 1.00 bits per heavy atom. The van der Waals surface area contributed by atoms with Crippen LogP contribution in [-0.2, 0) is 0 Å². The topological polar surface area (TPSA) is 70.6 Å². The van der Waals surface area contributed by atoms with Gasteiger partial charge in [0.05, 0.1) is 7.11 Å². The number of piperazine rings is 1. The maximum atomic E-state index is 12.7. The minimum atomic E-state index is -0.174. The van der Waals surface area contributed by atoms with Crippen molar-refractivity contribution in [3.05, 3.63) is 54.2 Å². The van der Waals surface area contributed by atoms with Gasteiger partial charge in [-0.3, -0.25) is 4.79 Å². The van der Waals surface area contributed by atoms with E-state index in [2.05, 4.69) is 51.3 Å². The Bertz CT molecular complexity index is 1060. The Hall–Kier alpha value is -3.35. The van der Waals surface area contributed by atoms with Crippen LogP contribution in [0.25, 0.3) is 10.8 Å². The number of fused-ring (bicyclic) bond motifs is 1. The molecule has 1 amide bonds. The van der Waals surface area contributed by atoms with Gasteiger partial charge in [-0.1, -0.05) is 44.2 Å². The van der Waals surface area contributed by atoms with E-state index in [-0.39, 0.29) is 5.91 Å². The van der Waals surface area contributed by atoms with Crippen molar-refractivity contribution in [3.63, 3.8) is 0 Å². The number of carbonyl (C=O) groups is 1. The molecule has 2 aromatic carbocycles. The first-order valence-corrected chi connectivity index (χ1v) is 10.7. The van der Waals surface area contributed by atoms with Gasteiger partial charge in [-0.15, -0.1) is 10.2 Å². The van der Waals surface area contributed by atoms with Gasteiger partial charge in [-0.2, -0.15) is 0 Å². The number of methoxy groups -OCH3 is 1. The SMILES string of the molecule is COc1cccc(N2CCN(c3nnc(C(=O)NCC(C)C)c4ccccc34)CC2)c1. The molecule has 3 aromatic rings. The molecule has 0 saturated carbocycles. The fourth-order valence-electron chi connectivity index (χ4n) is 3.86. The number of aromatic nitrogens is 2. The van der Waals surface area contributed by atoms with E-state index in [4.69, 9.17) is 4.74 Å². The lowest BCUT2D eigenvalue weighted by atomic mass is 10.1. The van der Waals surface area contributed by atoms with Crippen molar-refractivity contribution in [2.24, 2.45) is 5.92 Å². The van der Waals surface area contributed by atoms with E-state index in [1.165, 1.54) is 0 Å². The summed E-state index contributed by atoms with van der Waals surface area (Å²) in [5.74, 6) is 1.90. The van der Waals surface area contributed by atoms with Gasteiger partial charge < -0.3 is 19.9 Å². The Balaban J connectivity index is 1.54. The van der Waals surface area contributed by atoms with Crippen LogP contribution in [0.15, 0.2) is 48.5 Å². The highest BCUT2D eigenvalue weighted by Crippen LogP contribution is 2.28. The average Bonchev–Trinajstić information content (AvgIpc) is 2.82. The number of carbonyl (C=O) groups excluding carboxylic acids is 1. The summed E-state index contributed by atoms with van der Waals surface area (Å²) in [5.41, 5.74) is 1.54. The third-order valence-corrected chi connectivity index (χ3v) is 5.55. The molecule has 1 fully saturated rings. The molecule has 0 unspecified atom stereocenters. The second-order valence-electron chi connectivity index (χ2n) is 8.20. The molecule has 1 aromatic heterocycles. The summed E-state index contributed by atoms with van der Waals surface area (Å²) in [6.45, 7) is 8.16. The number of hydrogen-bond donors (Lipinski definition) is 1. The predicted octanol–water partition coefficient (Wildman–Crippen LogP) is 3.35. The van der Waals surface area contributed by atoms with E-state index in [1.54, 1.807) is 7.11 Å². The van der Waals surface area contributed by atoms with Crippen molar-refractivity contribution in [3.8, 4) is 5.75 Å². The van der Waals surface area contributed by atoms with Crippen LogP contribution < -0.4 is 19.9 Å². The first-order valence-electron chi connectivity index (χ1n) is 10.7. The molecular weight excluding hydrogens is 390 g/mol. The maximum Gasteiger partial charge on any atom is 0.272 e. The number of anilines is 2. The van der Waals surface area contributed by atoms with Gasteiger partial charge in [0.25, 0.3) is 5.91 Å². The zero-order valence-corrected chi connectivity index (χ0v) is 18.3. The number of benzene rings is 2. The molecule has 31 heavy (non-hydrogen) atoms. The number of amides is 1. The van der Waals surface area contributed by atoms with Crippen molar-refractivity contribution >= 4 is 28.2 Å². The van der Waals surface area contributed by atoms with E-state index >= 15 is 0 Å². The molecule has 0 bridgehead atoms. The quantitative estimate of drug-likeness (QED) is 0.661. The van der Waals surface area contributed by atoms with Gasteiger partial charge in [0.1, 0.15) is 5.75 Å². The Morgan fingerprint density at radius 3 is 2.42 bits per heavy atom. The largest absolute Gasteiger partial charge is 0.497 e. The van der Waals surface area contributed by atoms with Crippen LogP contribution >= 0.6 is 0 Å². The highest BCUT2D eigenvalue weighted by Gasteiger charge is 2.23. The van der Waals surface area contributed by atoms with Crippen molar-refractivity contribution in [2.75, 3.05) is 49.6 Å². The molecule has 0 aliphatic carbocycles. The monoisotopic (exact) mass is 419 g/mol. The molecule has 1 aliphatic rings. The second-order valence-corrected chi connectivity index (χ2v) is 8.20. The summed E-state index contributed by atoms with van der Waals surface area (Å²) in [7, 11) is 1.69. The molecule has 0 atom stereocenters. The summed E-state index contributed by atoms with van der Waals surface area (Å²) >= 11 is 0. The van der Waals surface area contributed by atoms with Gasteiger partial charge in [0, 0.05) is 55.2 Å². The van der Waals surface area contributed by atoms with Crippen LogP contribution in [0.1, 0.15) is 24.3 Å². The second kappa shape index (κ2) is 9.20. The van der Waals surface area contributed by atoms with Crippen LogP contribution in [0.3, 0.4) is 0 Å². The number of hydrogen-bond acceptors (Lipinski definition) is 6. The van der Waals surface area contributed by atoms with Crippen LogP contribution in [0.2, 0.25) is 0 Å². The fraction of sp³-hybridized carbons (Fsp3) is 0.375. The minimum Gasteiger partial charge on any atom is -0.497 e. The normalized spacial score (nSPS) is 14.2. The number of ether oxygens (including phenoxy) is 1. The third-order valence-electron chi connectivity index (χ3n) is 5.55. The molecule has 162 valence electrons. The first kappa shape index (κ1) is 20.9. The first-order chi connectivity index (χ1) is 15.1. The summed E-state index contributed by atoms with van der Waals surface area (Å²) < 4.78 is 5.36. The van der Waals surface area contributed by atoms with Gasteiger partial charge in [0.15, 0.2) is 11.5 Å². The van der Waals surface area contributed by atoms with E-state index in [0.717, 1.165) is 54.2 Å². The van der Waals surface area contributed by atoms with Crippen LogP contribution in [-0.4, -0.2) is 55.9 Å². The summed E-state index contributed by atoms with van der Waals surface area (Å²) in [4.78, 5) is 17.3. The molecule has 4 rings (SSSR count). The molecule has 7 nitrogen and oxygen atoms in total. The zero-order valence-electron chi connectivity index (χ0n) is 18.3. The zero-order chi connectivity index (χ0) is 21.8. The van der Waals surface area contributed by atoms with Crippen LogP contribution in [0.5, 0.6) is 5.75 Å². The molecule has 1 N–H and O–H groups in total. The highest BCUT2D eigenvalue weighted by molar-refractivity contribution is 6.07. The molecule has 0 radical (unpaired) electrons. The van der Waals surface area contributed by atoms with Crippen molar-refractivity contribution in [1.29, 1.82) is 0 Å². The molecular formula is C24H29N5O2. The molecule has 1 aliphatic heterocycles. The van der Waals surface area contributed by atoms with Crippen LogP contribution in [0, 0.1) is 5.92 Å². The molecule has 0 spiro atoms. The van der Waals surface area contributed by atoms with Gasteiger partial charge in [-0.25, -0.2) is 0 Å². The standard InChI is InChI=1S/C24H29N5O2/c1-17(2)16-25-24(30)22-20-9-4-5-10-21(20)23(27-26-22)29-13-11-28(12-14-29)18-7-6-8-19(15-18)31-3/h4-10,15,17H,11-14,16H2,1-3H3,(H,25,30). The smallest absolute Gasteiger partial charge is 0.272 e. The van der Waals surface area contributed by atoms with Crippen LogP contribution in [0.4, 0.5) is 11.5 Å². The number of nitrogens with one attached hydrogen (secondary N) is 1. The van der Waals surface area contributed by atoms with Crippen molar-refractivity contribution in [1.82, 2.24) is 15.5 Å². The lowest BCUT2D eigenvalue weighted by Crippen LogP contribution is -2.47. The van der Waals surface area contributed by atoms with Gasteiger partial charge >= 0.3 is 0 Å². The lowest BCUT2D eigenvalue weighted by Gasteiger charge is -2.37. The number of rotatable bonds is 6. The molecule has 7 heteroatoms. The third kappa shape index (κ3) is 4.55. The number of nitrogens with zero attached hydrogens (tertiary/aromatic N) is 4. The van der Waals surface area contributed by atoms with E-state index in [0.29, 0.717) is 18.2 Å². The fourth-order valence-corrected chi connectivity index (χ4v) is 3.86. The van der Waals surface area contributed by atoms with E-state index in [9.17, 15) is 4.79 Å². The Morgan fingerprint density at radius 2 is 1.71 bits per heavy atom. The van der Waals surface area contributed by atoms with Gasteiger partial charge in [-0.05, 0) is 18.1 Å². The molecule has 1 saturated heterocycles. The van der Waals surface area contributed by atoms with Gasteiger partial charge in [0.2, 0.25) is 0 Å². The molecule has 2 heterocycles. The van der Waals surface area contributed by atoms with E-state index in [1.807, 2.05) is 36.4 Å². The lowest BCUT2D eigenvalue weighted by molar-refractivity contribution is 0.0945. The average molecular weight is 420 g/mol. The predicted molar refractivity (Wildman–Crippen MR) is 124 cm³/mol. The maximum absolute atomic E-state index is 12.7. The highest BCUT2D eigenvalue weighted by atomic mass is 16.5. The Kier molecular flexibility index (Phi) is 6.21. The van der Waals surface area contributed by atoms with E-state index < -0.39 is 0 Å². The summed E-state index contributed by atoms with van der Waals surface area (Å²) in [5, 5.41) is 13.6. The Labute approximate surface area is 183 Å². The summed E-state index contributed by atoms with van der Waals surface area (Å²) in [6.07, 6.45) is 0. The van der Waals surface area contributed by atoms with Crippen molar-refractivity contribution < 1.29 is 9.53 Å². The minimum absolute atomic E-state index is 0.174. The summed E-state index contributed by atoms with van der Waals surface area (Å²) in [6, 6.07) is 16.0. The van der Waals surface area contributed by atoms with Crippen molar-refractivity contribution in [2.45, 2.75) is 13.8 Å².